The fraction of sp³-hybridized carbons (Fsp3) is 0.278. The molecule has 0 saturated carbocycles. The zero-order valence-electron chi connectivity index (χ0n) is 14.2. The molecule has 0 saturated heterocycles. The molecule has 1 aromatic carbocycles. The van der Waals surface area contributed by atoms with Crippen molar-refractivity contribution in [1.29, 1.82) is 0 Å². The topological polar surface area (TPSA) is 87.3 Å². The maximum Gasteiger partial charge on any atom is 0.413 e. The number of fused-ring (bicyclic) bond motifs is 2. The standard InChI is InChI=1S/C18H18N4O3S/c1-2-25-18(24)21-17-20-14-7-8-22(10-15(14)26-17)16(23)12-9-19-13-6-4-3-5-11(12)13/h3-6,9,19H,2,7-8,10H2,1H3,(H,20,21,24). The van der Waals surface area contributed by atoms with E-state index in [1.165, 1.54) is 11.3 Å². The van der Waals surface area contributed by atoms with E-state index < -0.39 is 6.09 Å². The Hall–Kier alpha value is -2.87. The highest BCUT2D eigenvalue weighted by molar-refractivity contribution is 7.15. The number of para-hydroxylation sites is 1. The van der Waals surface area contributed by atoms with Gasteiger partial charge < -0.3 is 14.6 Å². The maximum absolute atomic E-state index is 13.0. The Balaban J connectivity index is 1.52. The Morgan fingerprint density at radius 1 is 1.38 bits per heavy atom. The van der Waals surface area contributed by atoms with Gasteiger partial charge in [-0.05, 0) is 13.0 Å². The van der Waals surface area contributed by atoms with E-state index in [9.17, 15) is 9.59 Å². The molecule has 0 bridgehead atoms. The number of nitrogens with zero attached hydrogens (tertiary/aromatic N) is 2. The number of anilines is 1. The van der Waals surface area contributed by atoms with Crippen LogP contribution in [-0.2, 0) is 17.7 Å². The number of aromatic amines is 1. The number of hydrogen-bond acceptors (Lipinski definition) is 5. The van der Waals surface area contributed by atoms with E-state index in [-0.39, 0.29) is 5.91 Å². The molecule has 134 valence electrons. The number of ether oxygens (including phenoxy) is 1. The predicted molar refractivity (Wildman–Crippen MR) is 99.5 cm³/mol. The van der Waals surface area contributed by atoms with Gasteiger partial charge in [0.15, 0.2) is 5.13 Å². The molecule has 0 spiro atoms. The SMILES string of the molecule is CCOC(=O)Nc1nc2c(s1)CN(C(=O)c1c[nH]c3ccccc13)CC2. The van der Waals surface area contributed by atoms with Crippen molar-refractivity contribution < 1.29 is 14.3 Å². The minimum atomic E-state index is -0.509. The van der Waals surface area contributed by atoms with E-state index in [1.54, 1.807) is 13.1 Å². The van der Waals surface area contributed by atoms with Crippen LogP contribution in [0.25, 0.3) is 10.9 Å². The Morgan fingerprint density at radius 3 is 3.08 bits per heavy atom. The van der Waals surface area contributed by atoms with Gasteiger partial charge in [-0.1, -0.05) is 29.5 Å². The van der Waals surface area contributed by atoms with Crippen LogP contribution in [0.1, 0.15) is 27.9 Å². The lowest BCUT2D eigenvalue weighted by Gasteiger charge is -2.25. The minimum absolute atomic E-state index is 0.00130. The van der Waals surface area contributed by atoms with Crippen LogP contribution in [0.2, 0.25) is 0 Å². The molecule has 1 aliphatic rings. The van der Waals surface area contributed by atoms with Crippen LogP contribution in [0.15, 0.2) is 30.5 Å². The van der Waals surface area contributed by atoms with Crippen molar-refractivity contribution in [1.82, 2.24) is 14.9 Å². The summed E-state index contributed by atoms with van der Waals surface area (Å²) in [5.41, 5.74) is 2.57. The molecule has 1 aliphatic heterocycles. The van der Waals surface area contributed by atoms with Gasteiger partial charge in [0.05, 0.1) is 24.4 Å². The second-order valence-electron chi connectivity index (χ2n) is 5.96. The number of rotatable bonds is 3. The lowest BCUT2D eigenvalue weighted by molar-refractivity contribution is 0.0738. The summed E-state index contributed by atoms with van der Waals surface area (Å²) in [5, 5.41) is 4.07. The molecule has 0 radical (unpaired) electrons. The van der Waals surface area contributed by atoms with Crippen molar-refractivity contribution >= 4 is 39.4 Å². The smallest absolute Gasteiger partial charge is 0.413 e. The van der Waals surface area contributed by atoms with Crippen molar-refractivity contribution in [3.05, 3.63) is 46.6 Å². The summed E-state index contributed by atoms with van der Waals surface area (Å²) in [6.07, 6.45) is 1.93. The molecule has 3 aromatic rings. The summed E-state index contributed by atoms with van der Waals surface area (Å²) < 4.78 is 4.88. The average Bonchev–Trinajstić information content (AvgIpc) is 3.24. The molecular formula is C18H18N4O3S. The summed E-state index contributed by atoms with van der Waals surface area (Å²) in [7, 11) is 0. The van der Waals surface area contributed by atoms with Crippen molar-refractivity contribution in [2.45, 2.75) is 19.9 Å². The second kappa shape index (κ2) is 6.80. The fourth-order valence-corrected chi connectivity index (χ4v) is 4.11. The summed E-state index contributed by atoms with van der Waals surface area (Å²) in [5.74, 6) is 0.00130. The average molecular weight is 370 g/mol. The monoisotopic (exact) mass is 370 g/mol. The lowest BCUT2D eigenvalue weighted by atomic mass is 10.1. The van der Waals surface area contributed by atoms with Crippen LogP contribution in [0.4, 0.5) is 9.93 Å². The van der Waals surface area contributed by atoms with Crippen LogP contribution in [0, 0.1) is 0 Å². The fourth-order valence-electron chi connectivity index (χ4n) is 3.10. The van der Waals surface area contributed by atoms with E-state index in [0.29, 0.717) is 36.8 Å². The molecule has 8 heteroatoms. The quantitative estimate of drug-likeness (QED) is 0.740. The Bertz CT molecular complexity index is 978. The molecule has 0 aliphatic carbocycles. The number of hydrogen-bond donors (Lipinski definition) is 2. The number of aromatic nitrogens is 2. The third-order valence-corrected chi connectivity index (χ3v) is 5.32. The molecule has 26 heavy (non-hydrogen) atoms. The molecule has 7 nitrogen and oxygen atoms in total. The Morgan fingerprint density at radius 2 is 2.23 bits per heavy atom. The summed E-state index contributed by atoms with van der Waals surface area (Å²) in [6.45, 7) is 3.16. The number of benzene rings is 1. The number of carbonyl (C=O) groups excluding carboxylic acids is 2. The van der Waals surface area contributed by atoms with Crippen LogP contribution >= 0.6 is 11.3 Å². The third-order valence-electron chi connectivity index (χ3n) is 4.32. The second-order valence-corrected chi connectivity index (χ2v) is 7.04. The Kier molecular flexibility index (Phi) is 4.34. The number of carbonyl (C=O) groups is 2. The number of thiazole rings is 1. The first-order valence-electron chi connectivity index (χ1n) is 8.43. The van der Waals surface area contributed by atoms with E-state index in [0.717, 1.165) is 21.5 Å². The first-order chi connectivity index (χ1) is 12.7. The molecule has 0 atom stereocenters. The van der Waals surface area contributed by atoms with Crippen LogP contribution in [0.3, 0.4) is 0 Å². The highest BCUT2D eigenvalue weighted by Gasteiger charge is 2.26. The van der Waals surface area contributed by atoms with Gasteiger partial charge in [0.1, 0.15) is 0 Å². The van der Waals surface area contributed by atoms with Gasteiger partial charge in [0.2, 0.25) is 0 Å². The van der Waals surface area contributed by atoms with E-state index >= 15 is 0 Å². The van der Waals surface area contributed by atoms with Crippen molar-refractivity contribution in [3.8, 4) is 0 Å². The largest absolute Gasteiger partial charge is 0.450 e. The van der Waals surface area contributed by atoms with Gasteiger partial charge in [-0.25, -0.2) is 9.78 Å². The van der Waals surface area contributed by atoms with Crippen molar-refractivity contribution in [2.75, 3.05) is 18.5 Å². The molecular weight excluding hydrogens is 352 g/mol. The highest BCUT2D eigenvalue weighted by atomic mass is 32.1. The zero-order chi connectivity index (χ0) is 18.1. The van der Waals surface area contributed by atoms with E-state index in [2.05, 4.69) is 15.3 Å². The van der Waals surface area contributed by atoms with Gasteiger partial charge in [-0.15, -0.1) is 0 Å². The number of amides is 2. The van der Waals surface area contributed by atoms with Crippen LogP contribution in [-0.4, -0.2) is 40.0 Å². The molecule has 2 amide bonds. The third kappa shape index (κ3) is 3.03. The minimum Gasteiger partial charge on any atom is -0.450 e. The highest BCUT2D eigenvalue weighted by Crippen LogP contribution is 2.30. The van der Waals surface area contributed by atoms with E-state index in [4.69, 9.17) is 4.74 Å². The summed E-state index contributed by atoms with van der Waals surface area (Å²) >= 11 is 1.39. The van der Waals surface area contributed by atoms with Gasteiger partial charge >= 0.3 is 6.09 Å². The lowest BCUT2D eigenvalue weighted by Crippen LogP contribution is -2.35. The predicted octanol–water partition coefficient (Wildman–Crippen LogP) is 3.39. The maximum atomic E-state index is 13.0. The first kappa shape index (κ1) is 16.6. The van der Waals surface area contributed by atoms with E-state index in [1.807, 2.05) is 29.2 Å². The van der Waals surface area contributed by atoms with Crippen molar-refractivity contribution in [2.24, 2.45) is 0 Å². The molecule has 0 fully saturated rings. The van der Waals surface area contributed by atoms with Gasteiger partial charge in [0.25, 0.3) is 5.91 Å². The van der Waals surface area contributed by atoms with Crippen molar-refractivity contribution in [3.63, 3.8) is 0 Å². The normalized spacial score (nSPS) is 13.5. The first-order valence-corrected chi connectivity index (χ1v) is 9.25. The number of nitrogens with one attached hydrogen (secondary N) is 2. The zero-order valence-corrected chi connectivity index (χ0v) is 15.1. The summed E-state index contributed by atoms with van der Waals surface area (Å²) in [6, 6.07) is 7.77. The summed E-state index contributed by atoms with van der Waals surface area (Å²) in [4.78, 5) is 34.9. The van der Waals surface area contributed by atoms with Crippen LogP contribution < -0.4 is 5.32 Å². The Labute approximate surface area is 154 Å². The molecule has 3 heterocycles. The number of H-pyrrole nitrogens is 1. The molecule has 4 rings (SSSR count). The molecule has 2 aromatic heterocycles. The molecule has 2 N–H and O–H groups in total. The van der Waals surface area contributed by atoms with Crippen LogP contribution in [0.5, 0.6) is 0 Å². The van der Waals surface area contributed by atoms with Gasteiger partial charge in [-0.3, -0.25) is 10.1 Å². The van der Waals surface area contributed by atoms with Gasteiger partial charge in [-0.2, -0.15) is 0 Å². The molecule has 0 unspecified atom stereocenters. The van der Waals surface area contributed by atoms with Gasteiger partial charge in [0, 0.05) is 34.9 Å².